The van der Waals surface area contributed by atoms with Gasteiger partial charge in [-0.15, -0.1) is 0 Å². The van der Waals surface area contributed by atoms with E-state index in [1.54, 1.807) is 29.0 Å². The number of halogens is 2. The third kappa shape index (κ3) is 3.30. The Morgan fingerprint density at radius 3 is 2.78 bits per heavy atom. The number of benzene rings is 2. The van der Waals surface area contributed by atoms with Crippen LogP contribution in [0, 0.1) is 0 Å². The maximum absolute atomic E-state index is 12.3. The molecule has 1 heterocycles. The molecule has 2 aromatic carbocycles. The monoisotopic (exact) mass is 390 g/mol. The minimum Gasteiger partial charge on any atom is -0.337 e. The van der Waals surface area contributed by atoms with E-state index in [0.717, 1.165) is 21.7 Å². The first kappa shape index (κ1) is 15.8. The molecule has 3 rings (SSSR count). The standard InChI is InChI=1S/C17H12BrClN2O2/c18-12-5-6-15(14(19)7-12)20-17(23)9-21-8-11(10-22)13-3-1-2-4-16(13)21/h1-8,10H,9H2,(H,20,23). The summed E-state index contributed by atoms with van der Waals surface area (Å²) in [4.78, 5) is 23.4. The van der Waals surface area contributed by atoms with Crippen molar-refractivity contribution in [3.05, 3.63) is 63.7 Å². The van der Waals surface area contributed by atoms with E-state index in [2.05, 4.69) is 21.2 Å². The lowest BCUT2D eigenvalue weighted by atomic mass is 10.2. The first-order chi connectivity index (χ1) is 11.1. The number of hydrogen-bond donors (Lipinski definition) is 1. The Morgan fingerprint density at radius 2 is 2.04 bits per heavy atom. The van der Waals surface area contributed by atoms with Crippen LogP contribution in [-0.2, 0) is 11.3 Å². The van der Waals surface area contributed by atoms with Crippen molar-refractivity contribution in [3.8, 4) is 0 Å². The quantitative estimate of drug-likeness (QED) is 0.665. The van der Waals surface area contributed by atoms with Crippen LogP contribution >= 0.6 is 27.5 Å². The molecule has 0 fully saturated rings. The van der Waals surface area contributed by atoms with E-state index in [4.69, 9.17) is 11.6 Å². The summed E-state index contributed by atoms with van der Waals surface area (Å²) in [5.74, 6) is -0.215. The molecule has 0 bridgehead atoms. The summed E-state index contributed by atoms with van der Waals surface area (Å²) in [7, 11) is 0. The molecule has 0 spiro atoms. The summed E-state index contributed by atoms with van der Waals surface area (Å²) in [6.45, 7) is 0.0980. The highest BCUT2D eigenvalue weighted by atomic mass is 79.9. The molecule has 3 aromatic rings. The maximum atomic E-state index is 12.3. The lowest BCUT2D eigenvalue weighted by Gasteiger charge is -2.09. The second-order valence-corrected chi connectivity index (χ2v) is 6.34. The number of rotatable bonds is 4. The van der Waals surface area contributed by atoms with Gasteiger partial charge in [0.1, 0.15) is 6.54 Å². The number of carbonyl (C=O) groups is 2. The Bertz CT molecular complexity index is 905. The van der Waals surface area contributed by atoms with E-state index >= 15 is 0 Å². The van der Waals surface area contributed by atoms with Crippen LogP contribution in [0.2, 0.25) is 5.02 Å². The third-order valence-electron chi connectivity index (χ3n) is 3.47. The zero-order valence-corrected chi connectivity index (χ0v) is 14.3. The Hall–Kier alpha value is -2.11. The van der Waals surface area contributed by atoms with Gasteiger partial charge in [-0.3, -0.25) is 9.59 Å². The average Bonchev–Trinajstić information content (AvgIpc) is 2.88. The van der Waals surface area contributed by atoms with E-state index in [1.807, 2.05) is 24.3 Å². The van der Waals surface area contributed by atoms with Gasteiger partial charge in [-0.2, -0.15) is 0 Å². The van der Waals surface area contributed by atoms with Gasteiger partial charge in [-0.25, -0.2) is 0 Å². The largest absolute Gasteiger partial charge is 0.337 e. The molecule has 0 radical (unpaired) electrons. The molecule has 0 aliphatic carbocycles. The molecular formula is C17H12BrClN2O2. The number of nitrogens with one attached hydrogen (secondary N) is 1. The molecule has 0 saturated carbocycles. The summed E-state index contributed by atoms with van der Waals surface area (Å²) in [6.07, 6.45) is 2.47. The fraction of sp³-hybridized carbons (Fsp3) is 0.0588. The fourth-order valence-corrected chi connectivity index (χ4v) is 3.16. The average molecular weight is 392 g/mol. The zero-order chi connectivity index (χ0) is 16.4. The minimum atomic E-state index is -0.215. The highest BCUT2D eigenvalue weighted by Gasteiger charge is 2.11. The SMILES string of the molecule is O=Cc1cn(CC(=O)Nc2ccc(Br)cc2Cl)c2ccccc12. The molecule has 116 valence electrons. The van der Waals surface area contributed by atoms with Crippen molar-refractivity contribution in [1.82, 2.24) is 4.57 Å². The lowest BCUT2D eigenvalue weighted by Crippen LogP contribution is -2.18. The fourth-order valence-electron chi connectivity index (χ4n) is 2.44. The van der Waals surface area contributed by atoms with Crippen LogP contribution in [-0.4, -0.2) is 16.8 Å². The van der Waals surface area contributed by atoms with Crippen LogP contribution < -0.4 is 5.32 Å². The van der Waals surface area contributed by atoms with Crippen LogP contribution in [0.15, 0.2) is 53.1 Å². The number of amides is 1. The van der Waals surface area contributed by atoms with Crippen molar-refractivity contribution in [2.75, 3.05) is 5.32 Å². The molecule has 0 unspecified atom stereocenters. The molecule has 23 heavy (non-hydrogen) atoms. The minimum absolute atomic E-state index is 0.0980. The van der Waals surface area contributed by atoms with Crippen molar-refractivity contribution in [1.29, 1.82) is 0 Å². The molecule has 1 amide bonds. The van der Waals surface area contributed by atoms with E-state index < -0.39 is 0 Å². The van der Waals surface area contributed by atoms with E-state index in [0.29, 0.717) is 16.3 Å². The molecule has 0 aliphatic heterocycles. The number of hydrogen-bond acceptors (Lipinski definition) is 2. The normalized spacial score (nSPS) is 10.7. The third-order valence-corrected chi connectivity index (χ3v) is 4.27. The van der Waals surface area contributed by atoms with Crippen LogP contribution in [0.5, 0.6) is 0 Å². The Morgan fingerprint density at radius 1 is 1.26 bits per heavy atom. The Labute approximate surface area is 146 Å². The summed E-state index contributed by atoms with van der Waals surface area (Å²) >= 11 is 9.42. The van der Waals surface area contributed by atoms with E-state index in [1.165, 1.54) is 0 Å². The smallest absolute Gasteiger partial charge is 0.244 e. The molecule has 4 nitrogen and oxygen atoms in total. The van der Waals surface area contributed by atoms with Gasteiger partial charge >= 0.3 is 0 Å². The van der Waals surface area contributed by atoms with E-state index in [-0.39, 0.29) is 12.5 Å². The summed E-state index contributed by atoms with van der Waals surface area (Å²) < 4.78 is 2.59. The topological polar surface area (TPSA) is 51.1 Å². The second kappa shape index (κ2) is 6.56. The van der Waals surface area contributed by atoms with Gasteiger partial charge in [0.15, 0.2) is 6.29 Å². The maximum Gasteiger partial charge on any atom is 0.244 e. The highest BCUT2D eigenvalue weighted by molar-refractivity contribution is 9.10. The van der Waals surface area contributed by atoms with Crippen LogP contribution in [0.25, 0.3) is 10.9 Å². The van der Waals surface area contributed by atoms with Crippen LogP contribution in [0.3, 0.4) is 0 Å². The molecular weight excluding hydrogens is 380 g/mol. The number of fused-ring (bicyclic) bond motifs is 1. The highest BCUT2D eigenvalue weighted by Crippen LogP contribution is 2.26. The molecule has 0 atom stereocenters. The van der Waals surface area contributed by atoms with Crippen LogP contribution in [0.1, 0.15) is 10.4 Å². The second-order valence-electron chi connectivity index (χ2n) is 5.02. The molecule has 6 heteroatoms. The Balaban J connectivity index is 1.84. The number of aromatic nitrogens is 1. The predicted molar refractivity (Wildman–Crippen MR) is 95.1 cm³/mol. The number of para-hydroxylation sites is 1. The molecule has 0 saturated heterocycles. The number of carbonyl (C=O) groups excluding carboxylic acids is 2. The molecule has 0 aliphatic rings. The summed E-state index contributed by atoms with van der Waals surface area (Å²) in [5.41, 5.74) is 1.95. The zero-order valence-electron chi connectivity index (χ0n) is 11.9. The first-order valence-corrected chi connectivity index (χ1v) is 8.03. The van der Waals surface area contributed by atoms with Gasteiger partial charge in [0.25, 0.3) is 0 Å². The van der Waals surface area contributed by atoms with Crippen molar-refractivity contribution < 1.29 is 9.59 Å². The number of nitrogens with zero attached hydrogens (tertiary/aromatic N) is 1. The van der Waals surface area contributed by atoms with Gasteiger partial charge in [0, 0.05) is 27.1 Å². The van der Waals surface area contributed by atoms with Gasteiger partial charge < -0.3 is 9.88 Å². The number of anilines is 1. The number of aldehydes is 1. The lowest BCUT2D eigenvalue weighted by molar-refractivity contribution is -0.116. The summed E-state index contributed by atoms with van der Waals surface area (Å²) in [6, 6.07) is 12.7. The molecule has 1 N–H and O–H groups in total. The first-order valence-electron chi connectivity index (χ1n) is 6.86. The van der Waals surface area contributed by atoms with E-state index in [9.17, 15) is 9.59 Å². The van der Waals surface area contributed by atoms with Crippen molar-refractivity contribution in [2.24, 2.45) is 0 Å². The predicted octanol–water partition coefficient (Wildman–Crippen LogP) is 4.51. The van der Waals surface area contributed by atoms with Gasteiger partial charge in [0.05, 0.1) is 10.7 Å². The summed E-state index contributed by atoms with van der Waals surface area (Å²) in [5, 5.41) is 4.06. The molecule has 1 aromatic heterocycles. The van der Waals surface area contributed by atoms with Crippen molar-refractivity contribution in [3.63, 3.8) is 0 Å². The van der Waals surface area contributed by atoms with Gasteiger partial charge in [0.2, 0.25) is 5.91 Å². The van der Waals surface area contributed by atoms with Crippen molar-refractivity contribution in [2.45, 2.75) is 6.54 Å². The Kier molecular flexibility index (Phi) is 4.50. The van der Waals surface area contributed by atoms with Crippen LogP contribution in [0.4, 0.5) is 5.69 Å². The van der Waals surface area contributed by atoms with Gasteiger partial charge in [-0.1, -0.05) is 45.7 Å². The van der Waals surface area contributed by atoms with Gasteiger partial charge in [-0.05, 0) is 24.3 Å². The van der Waals surface area contributed by atoms with Crippen molar-refractivity contribution >= 4 is 56.3 Å².